The van der Waals surface area contributed by atoms with E-state index in [0.29, 0.717) is 28.8 Å². The van der Waals surface area contributed by atoms with Gasteiger partial charge in [0.1, 0.15) is 11.6 Å². The van der Waals surface area contributed by atoms with E-state index in [0.717, 1.165) is 27.9 Å². The zero-order valence-corrected chi connectivity index (χ0v) is 19.2. The monoisotopic (exact) mass is 451 g/mol. The van der Waals surface area contributed by atoms with E-state index in [1.165, 1.54) is 0 Å². The number of rotatable bonds is 4. The minimum absolute atomic E-state index is 0.200. The maximum atomic E-state index is 13.4. The smallest absolute Gasteiger partial charge is 0.302 e. The van der Waals surface area contributed by atoms with Crippen molar-refractivity contribution >= 4 is 34.7 Å². The first-order valence-corrected chi connectivity index (χ1v) is 11.1. The summed E-state index contributed by atoms with van der Waals surface area (Å²) < 4.78 is 5.79. The summed E-state index contributed by atoms with van der Waals surface area (Å²) in [6.07, 6.45) is 0. The van der Waals surface area contributed by atoms with Crippen LogP contribution in [-0.2, 0) is 4.79 Å². The van der Waals surface area contributed by atoms with Crippen molar-refractivity contribution < 1.29 is 9.21 Å². The molecule has 1 aliphatic heterocycles. The number of aliphatic imine (C=N–C) groups is 1. The van der Waals surface area contributed by atoms with Crippen molar-refractivity contribution in [2.24, 2.45) is 4.99 Å². The van der Waals surface area contributed by atoms with Gasteiger partial charge in [-0.3, -0.25) is 10.1 Å². The lowest BCUT2D eigenvalue weighted by Gasteiger charge is -2.26. The van der Waals surface area contributed by atoms with E-state index in [4.69, 9.17) is 9.41 Å². The van der Waals surface area contributed by atoms with Crippen LogP contribution in [0.25, 0.3) is 11.1 Å². The minimum Gasteiger partial charge on any atom is -0.423 e. The number of nitrogens with zero attached hydrogens (tertiary/aromatic N) is 2. The van der Waals surface area contributed by atoms with E-state index >= 15 is 0 Å². The molecule has 0 radical (unpaired) electrons. The zero-order valence-electron chi connectivity index (χ0n) is 19.2. The van der Waals surface area contributed by atoms with Crippen molar-refractivity contribution in [2.75, 3.05) is 10.6 Å². The Balaban J connectivity index is 1.48. The van der Waals surface area contributed by atoms with Gasteiger partial charge in [-0.1, -0.05) is 60.2 Å². The van der Waals surface area contributed by atoms with Crippen LogP contribution in [0.3, 0.4) is 0 Å². The third-order valence-electron chi connectivity index (χ3n) is 5.79. The molecular weight excluding hydrogens is 426 g/mol. The molecule has 0 saturated carbocycles. The maximum Gasteiger partial charge on any atom is 0.302 e. The molecular formula is C27H25N5O2. The number of guanidine groups is 1. The highest BCUT2D eigenvalue weighted by atomic mass is 16.4. The van der Waals surface area contributed by atoms with Crippen LogP contribution in [0.1, 0.15) is 29.7 Å². The topological polar surface area (TPSA) is 91.5 Å². The number of amides is 1. The number of nitrogens with one attached hydrogen (secondary N) is 3. The zero-order chi connectivity index (χ0) is 23.7. The molecule has 1 atom stereocenters. The molecule has 3 N–H and O–H groups in total. The number of oxazole rings is 1. The van der Waals surface area contributed by atoms with Crippen molar-refractivity contribution in [3.05, 3.63) is 101 Å². The second-order valence-electron chi connectivity index (χ2n) is 8.34. The van der Waals surface area contributed by atoms with Crippen LogP contribution >= 0.6 is 0 Å². The van der Waals surface area contributed by atoms with Gasteiger partial charge in [-0.15, -0.1) is 0 Å². The summed E-state index contributed by atoms with van der Waals surface area (Å²) in [5, 5.41) is 9.38. The Labute approximate surface area is 197 Å². The molecule has 0 spiro atoms. The van der Waals surface area contributed by atoms with Crippen molar-refractivity contribution in [3.8, 4) is 0 Å². The third kappa shape index (κ3) is 4.28. The molecule has 7 nitrogen and oxygen atoms in total. The van der Waals surface area contributed by atoms with E-state index in [1.807, 2.05) is 93.6 Å². The Bertz CT molecular complexity index is 1400. The summed E-state index contributed by atoms with van der Waals surface area (Å²) in [6, 6.07) is 23.1. The van der Waals surface area contributed by atoms with E-state index in [2.05, 4.69) is 20.9 Å². The van der Waals surface area contributed by atoms with Gasteiger partial charge in [-0.05, 0) is 50.1 Å². The van der Waals surface area contributed by atoms with Gasteiger partial charge in [0.05, 0.1) is 5.57 Å². The van der Waals surface area contributed by atoms with Gasteiger partial charge in [0.25, 0.3) is 5.91 Å². The summed E-state index contributed by atoms with van der Waals surface area (Å²) in [6.45, 7) is 5.87. The van der Waals surface area contributed by atoms with Gasteiger partial charge in [0.15, 0.2) is 5.58 Å². The number of hydrogen-bond acceptors (Lipinski definition) is 6. The lowest BCUT2D eigenvalue weighted by molar-refractivity contribution is -0.113. The van der Waals surface area contributed by atoms with Crippen LogP contribution in [0.5, 0.6) is 0 Å². The largest absolute Gasteiger partial charge is 0.423 e. The molecule has 0 fully saturated rings. The first kappa shape index (κ1) is 21.5. The predicted molar refractivity (Wildman–Crippen MR) is 135 cm³/mol. The van der Waals surface area contributed by atoms with Crippen LogP contribution in [0.15, 0.2) is 93.5 Å². The molecule has 5 rings (SSSR count). The summed E-state index contributed by atoms with van der Waals surface area (Å²) in [7, 11) is 0. The molecule has 3 aromatic carbocycles. The first-order valence-electron chi connectivity index (χ1n) is 11.1. The molecule has 1 unspecified atom stereocenters. The Morgan fingerprint density at radius 1 is 0.941 bits per heavy atom. The number of aryl methyl sites for hydroxylation is 2. The van der Waals surface area contributed by atoms with Crippen LogP contribution < -0.4 is 16.0 Å². The molecule has 170 valence electrons. The minimum atomic E-state index is -0.502. The lowest BCUT2D eigenvalue weighted by Crippen LogP contribution is -2.37. The fourth-order valence-electron chi connectivity index (χ4n) is 3.95. The summed E-state index contributed by atoms with van der Waals surface area (Å²) in [5.41, 5.74) is 6.50. The normalized spacial score (nSPS) is 15.6. The number of para-hydroxylation sites is 3. The second kappa shape index (κ2) is 8.86. The maximum absolute atomic E-state index is 13.4. The lowest BCUT2D eigenvalue weighted by atomic mass is 9.95. The number of anilines is 2. The highest BCUT2D eigenvalue weighted by Gasteiger charge is 2.30. The number of carbonyl (C=O) groups excluding carboxylic acids is 1. The van der Waals surface area contributed by atoms with Gasteiger partial charge in [-0.25, -0.2) is 4.99 Å². The highest BCUT2D eigenvalue weighted by Crippen LogP contribution is 2.32. The number of fused-ring (bicyclic) bond motifs is 1. The average molecular weight is 452 g/mol. The number of hydrogen-bond donors (Lipinski definition) is 3. The summed E-state index contributed by atoms with van der Waals surface area (Å²) >= 11 is 0. The second-order valence-corrected chi connectivity index (χ2v) is 8.34. The predicted octanol–water partition coefficient (Wildman–Crippen LogP) is 5.47. The van der Waals surface area contributed by atoms with Crippen molar-refractivity contribution in [2.45, 2.75) is 26.8 Å². The Hall–Kier alpha value is -4.39. The van der Waals surface area contributed by atoms with Crippen LogP contribution in [0.4, 0.5) is 11.7 Å². The van der Waals surface area contributed by atoms with Crippen molar-refractivity contribution in [1.29, 1.82) is 0 Å². The SMILES string of the molecule is CC1=C(C(=O)Nc2ccccc2C)C(c2ccc(C)cc2)N=C(Nc2nc3ccccc3o2)N1. The van der Waals surface area contributed by atoms with Gasteiger partial charge in [0, 0.05) is 11.4 Å². The highest BCUT2D eigenvalue weighted by molar-refractivity contribution is 6.08. The third-order valence-corrected chi connectivity index (χ3v) is 5.79. The summed E-state index contributed by atoms with van der Waals surface area (Å²) in [5.74, 6) is 0.261. The fourth-order valence-corrected chi connectivity index (χ4v) is 3.95. The standard InChI is InChI=1S/C27H25N5O2/c1-16-12-14-19(15-13-16)24-23(25(33)29-20-9-5-4-8-17(20)2)18(3)28-26(31-24)32-27-30-21-10-6-7-11-22(21)34-27/h4-15,24H,1-3H3,(H,29,33)(H2,28,30,31,32). The van der Waals surface area contributed by atoms with Gasteiger partial charge < -0.3 is 15.1 Å². The molecule has 2 heterocycles. The number of aromatic nitrogens is 1. The van der Waals surface area contributed by atoms with Gasteiger partial charge >= 0.3 is 6.01 Å². The number of carbonyl (C=O) groups is 1. The van der Waals surface area contributed by atoms with Crippen LogP contribution in [0.2, 0.25) is 0 Å². The molecule has 1 amide bonds. The van der Waals surface area contributed by atoms with Gasteiger partial charge in [0.2, 0.25) is 5.96 Å². The van der Waals surface area contributed by atoms with Crippen molar-refractivity contribution in [1.82, 2.24) is 10.3 Å². The quantitative estimate of drug-likeness (QED) is 0.383. The molecule has 1 aromatic heterocycles. The molecule has 7 heteroatoms. The van der Waals surface area contributed by atoms with Gasteiger partial charge in [-0.2, -0.15) is 4.98 Å². The van der Waals surface area contributed by atoms with E-state index in [9.17, 15) is 4.79 Å². The molecule has 34 heavy (non-hydrogen) atoms. The first-order chi connectivity index (χ1) is 16.5. The average Bonchev–Trinajstić information content (AvgIpc) is 3.23. The fraction of sp³-hybridized carbons (Fsp3) is 0.148. The molecule has 0 saturated heterocycles. The van der Waals surface area contributed by atoms with Crippen LogP contribution in [-0.4, -0.2) is 16.9 Å². The van der Waals surface area contributed by atoms with Crippen molar-refractivity contribution in [3.63, 3.8) is 0 Å². The van der Waals surface area contributed by atoms with E-state index in [-0.39, 0.29) is 5.91 Å². The number of allylic oxidation sites excluding steroid dienone is 1. The van der Waals surface area contributed by atoms with E-state index < -0.39 is 6.04 Å². The summed E-state index contributed by atoms with van der Waals surface area (Å²) in [4.78, 5) is 22.7. The Morgan fingerprint density at radius 3 is 2.44 bits per heavy atom. The molecule has 1 aliphatic rings. The Morgan fingerprint density at radius 2 is 1.68 bits per heavy atom. The number of benzene rings is 3. The van der Waals surface area contributed by atoms with Crippen LogP contribution in [0, 0.1) is 13.8 Å². The van der Waals surface area contributed by atoms with E-state index in [1.54, 1.807) is 0 Å². The molecule has 0 bridgehead atoms. The Kier molecular flexibility index (Phi) is 5.59. The molecule has 0 aliphatic carbocycles. The molecule has 4 aromatic rings.